The lowest BCUT2D eigenvalue weighted by Gasteiger charge is -2.39. The molecule has 1 fully saturated rings. The van der Waals surface area contributed by atoms with Gasteiger partial charge in [-0.1, -0.05) is 35.2 Å². The molecule has 0 spiro atoms. The van der Waals surface area contributed by atoms with E-state index in [2.05, 4.69) is 37.9 Å². The molecule has 0 aliphatic heterocycles. The monoisotopic (exact) mass is 398 g/mol. The molecule has 0 unspecified atom stereocenters. The van der Waals surface area contributed by atoms with E-state index in [4.69, 9.17) is 0 Å². The minimum absolute atomic E-state index is 0.110. The van der Waals surface area contributed by atoms with Crippen molar-refractivity contribution in [2.75, 3.05) is 7.05 Å². The van der Waals surface area contributed by atoms with Crippen LogP contribution < -0.4 is 0 Å². The second kappa shape index (κ2) is 6.28. The Morgan fingerprint density at radius 2 is 1.95 bits per heavy atom. The first-order valence-electron chi connectivity index (χ1n) is 6.65. The van der Waals surface area contributed by atoms with Crippen molar-refractivity contribution in [3.05, 3.63) is 32.7 Å². The summed E-state index contributed by atoms with van der Waals surface area (Å²) < 4.78 is 1.61. The number of hydrogen-bond acceptors (Lipinski definition) is 2. The molecular weight excluding hydrogens is 384 g/mol. The molecule has 1 aromatic rings. The average Bonchev–Trinajstić information content (AvgIpc) is 2.49. The van der Waals surface area contributed by atoms with Gasteiger partial charge in [-0.3, -0.25) is 4.79 Å². The Bertz CT molecular complexity index is 559. The number of hydrogen-bond donors (Lipinski definition) is 0. The van der Waals surface area contributed by atoms with Gasteiger partial charge in [0.2, 0.25) is 0 Å². The third-order valence-electron chi connectivity index (χ3n) is 3.99. The maximum absolute atomic E-state index is 12.7. The van der Waals surface area contributed by atoms with Crippen LogP contribution in [0.5, 0.6) is 0 Å². The second-order valence-electron chi connectivity index (χ2n) is 5.19. The summed E-state index contributed by atoms with van der Waals surface area (Å²) in [7, 11) is 1.74. The van der Waals surface area contributed by atoms with Crippen LogP contribution in [-0.4, -0.2) is 23.4 Å². The number of rotatable bonds is 2. The lowest BCUT2D eigenvalue weighted by atomic mass is 9.81. The van der Waals surface area contributed by atoms with Crippen molar-refractivity contribution in [2.24, 2.45) is 0 Å². The molecule has 0 aromatic heterocycles. The lowest BCUT2D eigenvalue weighted by Crippen LogP contribution is -2.49. The van der Waals surface area contributed by atoms with Crippen LogP contribution >= 0.6 is 31.9 Å². The predicted octanol–water partition coefficient (Wildman–Crippen LogP) is 4.51. The number of carbonyl (C=O) groups is 1. The molecule has 0 heterocycles. The maximum atomic E-state index is 12.7. The van der Waals surface area contributed by atoms with E-state index in [-0.39, 0.29) is 5.91 Å². The van der Waals surface area contributed by atoms with E-state index in [0.29, 0.717) is 5.56 Å². The molecule has 3 nitrogen and oxygen atoms in total. The van der Waals surface area contributed by atoms with Gasteiger partial charge in [-0.05, 0) is 47.0 Å². The van der Waals surface area contributed by atoms with E-state index in [1.807, 2.05) is 12.1 Å². The highest BCUT2D eigenvalue weighted by molar-refractivity contribution is 9.11. The SMILES string of the molecule is CN(C(=O)c1cc(Br)ccc1Br)C1(C#N)CCCCC1. The van der Waals surface area contributed by atoms with Crippen molar-refractivity contribution in [1.29, 1.82) is 5.26 Å². The lowest BCUT2D eigenvalue weighted by molar-refractivity contribution is 0.0588. The van der Waals surface area contributed by atoms with Gasteiger partial charge in [0.05, 0.1) is 11.6 Å². The first-order chi connectivity index (χ1) is 9.50. The Labute approximate surface area is 136 Å². The zero-order valence-electron chi connectivity index (χ0n) is 11.3. The van der Waals surface area contributed by atoms with E-state index in [9.17, 15) is 10.1 Å². The maximum Gasteiger partial charge on any atom is 0.256 e. The molecule has 5 heteroatoms. The van der Waals surface area contributed by atoms with Gasteiger partial charge in [0.15, 0.2) is 0 Å². The standard InChI is InChI=1S/C15H16Br2N2O/c1-19(15(10-18)7-3-2-4-8-15)14(20)12-9-11(16)5-6-13(12)17/h5-6,9H,2-4,7-8H2,1H3. The molecule has 1 aromatic carbocycles. The van der Waals surface area contributed by atoms with Crippen molar-refractivity contribution < 1.29 is 4.79 Å². The molecule has 106 valence electrons. The van der Waals surface area contributed by atoms with Crippen molar-refractivity contribution >= 4 is 37.8 Å². The smallest absolute Gasteiger partial charge is 0.256 e. The predicted molar refractivity (Wildman–Crippen MR) is 85.4 cm³/mol. The van der Waals surface area contributed by atoms with Crippen LogP contribution in [-0.2, 0) is 0 Å². The van der Waals surface area contributed by atoms with Crippen LogP contribution in [0.25, 0.3) is 0 Å². The summed E-state index contributed by atoms with van der Waals surface area (Å²) in [6.45, 7) is 0. The molecule has 0 N–H and O–H groups in total. The zero-order chi connectivity index (χ0) is 14.8. The van der Waals surface area contributed by atoms with E-state index in [1.165, 1.54) is 0 Å². The van der Waals surface area contributed by atoms with Gasteiger partial charge in [0.1, 0.15) is 5.54 Å². The van der Waals surface area contributed by atoms with Gasteiger partial charge in [-0.2, -0.15) is 5.26 Å². The summed E-state index contributed by atoms with van der Waals surface area (Å²) in [5.74, 6) is -0.110. The molecule has 0 bridgehead atoms. The fourth-order valence-corrected chi connectivity index (χ4v) is 3.47. The number of nitrogens with zero attached hydrogens (tertiary/aromatic N) is 2. The number of nitriles is 1. The van der Waals surface area contributed by atoms with Crippen molar-refractivity contribution in [1.82, 2.24) is 4.90 Å². The zero-order valence-corrected chi connectivity index (χ0v) is 14.5. The molecule has 2 rings (SSSR count). The van der Waals surface area contributed by atoms with E-state index >= 15 is 0 Å². The normalized spacial score (nSPS) is 17.3. The Hall–Kier alpha value is -0.860. The van der Waals surface area contributed by atoms with Crippen LogP contribution in [0.15, 0.2) is 27.1 Å². The third kappa shape index (κ3) is 2.91. The minimum Gasteiger partial charge on any atom is -0.323 e. The fourth-order valence-electron chi connectivity index (χ4n) is 2.70. The van der Waals surface area contributed by atoms with E-state index in [1.54, 1.807) is 18.0 Å². The highest BCUT2D eigenvalue weighted by Gasteiger charge is 2.39. The van der Waals surface area contributed by atoms with Crippen LogP contribution in [0.3, 0.4) is 0 Å². The van der Waals surface area contributed by atoms with Gasteiger partial charge >= 0.3 is 0 Å². The quantitative estimate of drug-likeness (QED) is 0.734. The molecule has 1 aliphatic carbocycles. The number of amides is 1. The molecule has 1 amide bonds. The number of halogens is 2. The number of benzene rings is 1. The van der Waals surface area contributed by atoms with Gasteiger partial charge < -0.3 is 4.90 Å². The summed E-state index contributed by atoms with van der Waals surface area (Å²) >= 11 is 6.80. The Kier molecular flexibility index (Phi) is 4.87. The summed E-state index contributed by atoms with van der Waals surface area (Å²) in [5.41, 5.74) is -0.0704. The van der Waals surface area contributed by atoms with Gasteiger partial charge in [-0.15, -0.1) is 0 Å². The Morgan fingerprint density at radius 1 is 1.30 bits per heavy atom. The molecular formula is C15H16Br2N2O. The van der Waals surface area contributed by atoms with Crippen LogP contribution in [0.2, 0.25) is 0 Å². The number of carbonyl (C=O) groups excluding carboxylic acids is 1. The molecule has 0 radical (unpaired) electrons. The molecule has 1 saturated carbocycles. The van der Waals surface area contributed by atoms with Crippen LogP contribution in [0.1, 0.15) is 42.5 Å². The summed E-state index contributed by atoms with van der Waals surface area (Å²) in [4.78, 5) is 14.3. The third-order valence-corrected chi connectivity index (χ3v) is 5.18. The first kappa shape index (κ1) is 15.5. The van der Waals surface area contributed by atoms with E-state index < -0.39 is 5.54 Å². The molecule has 1 aliphatic rings. The highest BCUT2D eigenvalue weighted by atomic mass is 79.9. The molecule has 0 saturated heterocycles. The Balaban J connectivity index is 2.32. The summed E-state index contributed by atoms with van der Waals surface area (Å²) in [6, 6.07) is 7.88. The van der Waals surface area contributed by atoms with Crippen molar-refractivity contribution in [3.63, 3.8) is 0 Å². The average molecular weight is 400 g/mol. The second-order valence-corrected chi connectivity index (χ2v) is 6.96. The van der Waals surface area contributed by atoms with Gasteiger partial charge in [0, 0.05) is 16.0 Å². The first-order valence-corrected chi connectivity index (χ1v) is 8.23. The minimum atomic E-state index is -0.656. The van der Waals surface area contributed by atoms with Crippen molar-refractivity contribution in [3.8, 4) is 6.07 Å². The van der Waals surface area contributed by atoms with Gasteiger partial charge in [-0.25, -0.2) is 0 Å². The van der Waals surface area contributed by atoms with Crippen LogP contribution in [0, 0.1) is 11.3 Å². The van der Waals surface area contributed by atoms with Gasteiger partial charge in [0.25, 0.3) is 5.91 Å². The highest BCUT2D eigenvalue weighted by Crippen LogP contribution is 2.34. The Morgan fingerprint density at radius 3 is 2.55 bits per heavy atom. The topological polar surface area (TPSA) is 44.1 Å². The summed E-state index contributed by atoms with van der Waals surface area (Å²) in [5, 5.41) is 9.57. The van der Waals surface area contributed by atoms with Crippen molar-refractivity contribution in [2.45, 2.75) is 37.6 Å². The fraction of sp³-hybridized carbons (Fsp3) is 0.467. The summed E-state index contributed by atoms with van der Waals surface area (Å²) in [6.07, 6.45) is 4.68. The van der Waals surface area contributed by atoms with E-state index in [0.717, 1.165) is 41.0 Å². The van der Waals surface area contributed by atoms with Crippen LogP contribution in [0.4, 0.5) is 0 Å². The molecule has 0 atom stereocenters. The molecule has 20 heavy (non-hydrogen) atoms. The largest absolute Gasteiger partial charge is 0.323 e.